The topological polar surface area (TPSA) is 72.6 Å². The van der Waals surface area contributed by atoms with E-state index in [-0.39, 0.29) is 23.3 Å². The van der Waals surface area contributed by atoms with Crippen LogP contribution in [0.1, 0.15) is 12.0 Å². The lowest BCUT2D eigenvalue weighted by atomic mass is 9.96. The predicted molar refractivity (Wildman–Crippen MR) is 70.4 cm³/mol. The van der Waals surface area contributed by atoms with E-state index >= 15 is 0 Å². The Bertz CT molecular complexity index is 653. The summed E-state index contributed by atoms with van der Waals surface area (Å²) in [5, 5.41) is 21.7. The summed E-state index contributed by atoms with van der Waals surface area (Å²) < 4.78 is 5.76. The highest BCUT2D eigenvalue weighted by Gasteiger charge is 2.25. The van der Waals surface area contributed by atoms with Gasteiger partial charge < -0.3 is 9.84 Å². The molecule has 0 saturated carbocycles. The molecule has 1 atom stereocenters. The second-order valence-corrected chi connectivity index (χ2v) is 4.65. The van der Waals surface area contributed by atoms with Crippen molar-refractivity contribution in [2.24, 2.45) is 0 Å². The van der Waals surface area contributed by atoms with Gasteiger partial charge in [-0.2, -0.15) is 0 Å². The molecule has 0 aliphatic carbocycles. The third kappa shape index (κ3) is 1.92. The summed E-state index contributed by atoms with van der Waals surface area (Å²) in [6.07, 6.45) is 1.14. The van der Waals surface area contributed by atoms with Gasteiger partial charge in [0.2, 0.25) is 0 Å². The lowest BCUT2D eigenvalue weighted by Crippen LogP contribution is -2.26. The Kier molecular flexibility index (Phi) is 2.83. The highest BCUT2D eigenvalue weighted by atomic mass is 16.6. The predicted octanol–water partition coefficient (Wildman–Crippen LogP) is 2.43. The van der Waals surface area contributed by atoms with Crippen LogP contribution in [0.15, 0.2) is 30.3 Å². The van der Waals surface area contributed by atoms with Crippen LogP contribution in [-0.2, 0) is 6.42 Å². The highest BCUT2D eigenvalue weighted by Crippen LogP contribution is 2.39. The lowest BCUT2D eigenvalue weighted by molar-refractivity contribution is -0.383. The fourth-order valence-electron chi connectivity index (χ4n) is 2.53. The summed E-state index contributed by atoms with van der Waals surface area (Å²) in [7, 11) is 0. The molecule has 98 valence electrons. The molecule has 1 heterocycles. The summed E-state index contributed by atoms with van der Waals surface area (Å²) in [6, 6.07) is 8.73. The number of hydrogen-bond donors (Lipinski definition) is 1. The van der Waals surface area contributed by atoms with Gasteiger partial charge >= 0.3 is 0 Å². The van der Waals surface area contributed by atoms with Gasteiger partial charge in [-0.15, -0.1) is 0 Å². The minimum absolute atomic E-state index is 0.0369. The van der Waals surface area contributed by atoms with Gasteiger partial charge in [0.1, 0.15) is 11.9 Å². The van der Waals surface area contributed by atoms with E-state index in [0.29, 0.717) is 24.0 Å². The molecule has 3 rings (SSSR count). The van der Waals surface area contributed by atoms with Crippen LogP contribution in [0, 0.1) is 10.1 Å². The molecule has 0 spiro atoms. The summed E-state index contributed by atoms with van der Waals surface area (Å²) >= 11 is 0. The van der Waals surface area contributed by atoms with Crippen molar-refractivity contribution in [1.82, 2.24) is 0 Å². The van der Waals surface area contributed by atoms with Crippen molar-refractivity contribution in [3.05, 3.63) is 46.0 Å². The van der Waals surface area contributed by atoms with Crippen LogP contribution in [-0.4, -0.2) is 22.7 Å². The second kappa shape index (κ2) is 4.51. The Morgan fingerprint density at radius 1 is 1.37 bits per heavy atom. The van der Waals surface area contributed by atoms with Crippen LogP contribution in [0.4, 0.5) is 5.69 Å². The fraction of sp³-hybridized carbons (Fsp3) is 0.286. The average Bonchev–Trinajstić information content (AvgIpc) is 2.45. The van der Waals surface area contributed by atoms with Gasteiger partial charge in [0.05, 0.1) is 16.9 Å². The highest BCUT2D eigenvalue weighted by molar-refractivity contribution is 5.96. The van der Waals surface area contributed by atoms with E-state index in [9.17, 15) is 15.2 Å². The number of rotatable bonds is 2. The van der Waals surface area contributed by atoms with Crippen LogP contribution in [0.25, 0.3) is 10.8 Å². The number of hydrogen-bond acceptors (Lipinski definition) is 4. The molecule has 0 saturated heterocycles. The second-order valence-electron chi connectivity index (χ2n) is 4.65. The van der Waals surface area contributed by atoms with Crippen molar-refractivity contribution in [2.45, 2.75) is 18.9 Å². The molecule has 0 radical (unpaired) electrons. The first-order chi connectivity index (χ1) is 9.20. The third-order valence-electron chi connectivity index (χ3n) is 3.47. The van der Waals surface area contributed by atoms with E-state index in [1.807, 2.05) is 12.1 Å². The number of nitro groups is 1. The quantitative estimate of drug-likeness (QED) is 0.664. The van der Waals surface area contributed by atoms with Crippen molar-refractivity contribution in [1.29, 1.82) is 0 Å². The minimum atomic E-state index is -0.360. The van der Waals surface area contributed by atoms with Crippen LogP contribution < -0.4 is 4.74 Å². The van der Waals surface area contributed by atoms with Crippen molar-refractivity contribution in [3.8, 4) is 5.75 Å². The number of aryl methyl sites for hydroxylation is 1. The zero-order valence-corrected chi connectivity index (χ0v) is 10.2. The molecular formula is C14H13NO4. The molecule has 19 heavy (non-hydrogen) atoms. The number of ether oxygens (including phenoxy) is 1. The molecule has 1 aliphatic heterocycles. The first-order valence-corrected chi connectivity index (χ1v) is 6.17. The lowest BCUT2D eigenvalue weighted by Gasteiger charge is -2.25. The largest absolute Gasteiger partial charge is 0.487 e. The fourth-order valence-corrected chi connectivity index (χ4v) is 2.53. The maximum atomic E-state index is 11.1. The summed E-state index contributed by atoms with van der Waals surface area (Å²) in [4.78, 5) is 10.8. The molecule has 5 heteroatoms. The number of fused-ring (bicyclic) bond motifs is 3. The number of non-ortho nitro benzene ring substituents is 1. The Labute approximate surface area is 109 Å². The van der Waals surface area contributed by atoms with Crippen molar-refractivity contribution < 1.29 is 14.8 Å². The van der Waals surface area contributed by atoms with Gasteiger partial charge in [-0.3, -0.25) is 10.1 Å². The normalized spacial score (nSPS) is 17.8. The van der Waals surface area contributed by atoms with Gasteiger partial charge in [-0.05, 0) is 18.9 Å². The first kappa shape index (κ1) is 11.9. The molecule has 0 bridgehead atoms. The molecule has 2 aromatic carbocycles. The van der Waals surface area contributed by atoms with Gasteiger partial charge in [0.25, 0.3) is 5.69 Å². The van der Waals surface area contributed by atoms with E-state index in [1.165, 1.54) is 0 Å². The molecular weight excluding hydrogens is 246 g/mol. The molecule has 1 aliphatic rings. The van der Waals surface area contributed by atoms with Crippen molar-refractivity contribution in [2.75, 3.05) is 6.61 Å². The van der Waals surface area contributed by atoms with Crippen LogP contribution in [0.5, 0.6) is 5.75 Å². The molecule has 0 fully saturated rings. The Morgan fingerprint density at radius 2 is 2.11 bits per heavy atom. The van der Waals surface area contributed by atoms with Crippen LogP contribution in [0.3, 0.4) is 0 Å². The number of nitrogens with zero attached hydrogens (tertiary/aromatic N) is 1. The summed E-state index contributed by atoms with van der Waals surface area (Å²) in [5.41, 5.74) is 0.954. The molecule has 2 aromatic rings. The Hall–Kier alpha value is -2.14. The maximum Gasteiger partial charge on any atom is 0.277 e. The van der Waals surface area contributed by atoms with Gasteiger partial charge in [0.15, 0.2) is 0 Å². The van der Waals surface area contributed by atoms with Gasteiger partial charge in [-0.25, -0.2) is 0 Å². The minimum Gasteiger partial charge on any atom is -0.487 e. The monoisotopic (exact) mass is 259 g/mol. The number of benzene rings is 2. The third-order valence-corrected chi connectivity index (χ3v) is 3.47. The standard InChI is InChI=1S/C14H13NO4/c16-8-10-6-5-9-7-13(15(17)18)11-3-1-2-4-12(11)14(9)19-10/h1-4,7,10,16H,5-6,8H2. The van der Waals surface area contributed by atoms with Crippen molar-refractivity contribution >= 4 is 16.5 Å². The molecule has 5 nitrogen and oxygen atoms in total. The van der Waals surface area contributed by atoms with E-state index in [2.05, 4.69) is 0 Å². The molecule has 0 amide bonds. The zero-order valence-electron chi connectivity index (χ0n) is 10.2. The molecule has 1 N–H and O–H groups in total. The SMILES string of the molecule is O=[N+]([O-])c1cc2c(c3ccccc13)OC(CO)CC2. The molecule has 1 unspecified atom stereocenters. The summed E-state index contributed by atoms with van der Waals surface area (Å²) in [6.45, 7) is -0.0369. The number of aliphatic hydroxyl groups is 1. The van der Waals surface area contributed by atoms with Crippen molar-refractivity contribution in [3.63, 3.8) is 0 Å². The summed E-state index contributed by atoms with van der Waals surface area (Å²) in [5.74, 6) is 0.673. The van der Waals surface area contributed by atoms with E-state index < -0.39 is 0 Å². The Morgan fingerprint density at radius 3 is 2.79 bits per heavy atom. The van der Waals surface area contributed by atoms with E-state index in [1.54, 1.807) is 18.2 Å². The smallest absolute Gasteiger partial charge is 0.277 e. The first-order valence-electron chi connectivity index (χ1n) is 6.17. The van der Waals surface area contributed by atoms with E-state index in [4.69, 9.17) is 4.74 Å². The van der Waals surface area contributed by atoms with Crippen LogP contribution in [0.2, 0.25) is 0 Å². The van der Waals surface area contributed by atoms with Gasteiger partial charge in [0, 0.05) is 17.0 Å². The number of nitro benzene ring substituents is 1. The molecule has 0 aromatic heterocycles. The number of aliphatic hydroxyl groups excluding tert-OH is 1. The zero-order chi connectivity index (χ0) is 13.4. The maximum absolute atomic E-state index is 11.1. The van der Waals surface area contributed by atoms with Crippen LogP contribution >= 0.6 is 0 Å². The Balaban J connectivity index is 2.26. The van der Waals surface area contributed by atoms with Gasteiger partial charge in [-0.1, -0.05) is 18.2 Å². The van der Waals surface area contributed by atoms with E-state index in [0.717, 1.165) is 10.9 Å². The average molecular weight is 259 g/mol.